The van der Waals surface area contributed by atoms with Crippen LogP contribution in [0, 0.1) is 5.92 Å². The molecule has 1 atom stereocenters. The molecule has 28 heavy (non-hydrogen) atoms. The summed E-state index contributed by atoms with van der Waals surface area (Å²) in [7, 11) is -3.80. The van der Waals surface area contributed by atoms with Gasteiger partial charge in [0.25, 0.3) is 10.0 Å². The summed E-state index contributed by atoms with van der Waals surface area (Å²) in [6.07, 6.45) is 1.54. The fraction of sp³-hybridized carbons (Fsp3) is 0.158. The first-order chi connectivity index (χ1) is 13.4. The van der Waals surface area contributed by atoms with Crippen LogP contribution in [-0.2, 0) is 14.8 Å². The third kappa shape index (κ3) is 3.76. The zero-order valence-electron chi connectivity index (χ0n) is 14.9. The Morgan fingerprint density at radius 1 is 1.18 bits per heavy atom. The molecule has 0 spiro atoms. The van der Waals surface area contributed by atoms with E-state index in [2.05, 4.69) is 15.2 Å². The highest BCUT2D eigenvalue weighted by molar-refractivity contribution is 7.99. The number of benzene rings is 2. The van der Waals surface area contributed by atoms with Gasteiger partial charge >= 0.3 is 0 Å². The number of sulfonamides is 1. The van der Waals surface area contributed by atoms with E-state index in [1.165, 1.54) is 17.8 Å². The number of rotatable bonds is 4. The highest BCUT2D eigenvalue weighted by atomic mass is 32.2. The highest BCUT2D eigenvalue weighted by Crippen LogP contribution is 2.34. The van der Waals surface area contributed by atoms with Crippen molar-refractivity contribution < 1.29 is 17.7 Å². The Balaban J connectivity index is 1.57. The van der Waals surface area contributed by atoms with Crippen LogP contribution in [0.5, 0.6) is 0 Å². The summed E-state index contributed by atoms with van der Waals surface area (Å²) in [6, 6.07) is 13.3. The largest absolute Gasteiger partial charge is 0.356 e. The van der Waals surface area contributed by atoms with Crippen molar-refractivity contribution in [2.24, 2.45) is 5.92 Å². The summed E-state index contributed by atoms with van der Waals surface area (Å²) in [5.41, 5.74) is 1.73. The molecule has 0 saturated heterocycles. The number of amides is 1. The van der Waals surface area contributed by atoms with Crippen LogP contribution in [0.3, 0.4) is 0 Å². The standard InChI is InChI=1S/C19H17N3O4S2/c1-12-11-27-18-7-6-15(10-16(18)21-19(12)23)28(24,25)22-14-4-2-13(3-5-14)17-8-9-20-26-17/h2-10,12,22H,11H2,1H3,(H,21,23)/t12-/m0/s1. The summed E-state index contributed by atoms with van der Waals surface area (Å²) in [4.78, 5) is 13.0. The summed E-state index contributed by atoms with van der Waals surface area (Å²) in [6.45, 7) is 1.84. The third-order valence-corrected chi connectivity index (χ3v) is 7.03. The SMILES string of the molecule is C[C@H]1CSc2ccc(S(=O)(=O)Nc3ccc(-c4ccno4)cc3)cc2NC1=O. The van der Waals surface area contributed by atoms with Gasteiger partial charge in [-0.1, -0.05) is 12.1 Å². The van der Waals surface area contributed by atoms with Crippen molar-refractivity contribution in [3.8, 4) is 11.3 Å². The van der Waals surface area contributed by atoms with Gasteiger partial charge in [-0.2, -0.15) is 0 Å². The molecule has 7 nitrogen and oxygen atoms in total. The van der Waals surface area contributed by atoms with Crippen molar-refractivity contribution in [3.63, 3.8) is 0 Å². The molecule has 0 bridgehead atoms. The molecule has 0 radical (unpaired) electrons. The maximum Gasteiger partial charge on any atom is 0.261 e. The lowest BCUT2D eigenvalue weighted by Gasteiger charge is -2.12. The normalized spacial score (nSPS) is 16.8. The Labute approximate surface area is 166 Å². The van der Waals surface area contributed by atoms with E-state index in [0.717, 1.165) is 10.5 Å². The van der Waals surface area contributed by atoms with Gasteiger partial charge in [0.05, 0.1) is 16.8 Å². The minimum absolute atomic E-state index is 0.0843. The van der Waals surface area contributed by atoms with Gasteiger partial charge in [-0.05, 0) is 42.5 Å². The van der Waals surface area contributed by atoms with Crippen LogP contribution in [0.2, 0.25) is 0 Å². The average molecular weight is 415 g/mol. The smallest absolute Gasteiger partial charge is 0.261 e. The van der Waals surface area contributed by atoms with E-state index in [1.54, 1.807) is 48.7 Å². The molecule has 144 valence electrons. The fourth-order valence-corrected chi connectivity index (χ4v) is 4.82. The van der Waals surface area contributed by atoms with E-state index in [4.69, 9.17) is 4.52 Å². The first-order valence-corrected chi connectivity index (χ1v) is 11.0. The molecule has 9 heteroatoms. The number of anilines is 2. The lowest BCUT2D eigenvalue weighted by Crippen LogP contribution is -2.20. The van der Waals surface area contributed by atoms with Gasteiger partial charge in [-0.3, -0.25) is 9.52 Å². The molecule has 1 aromatic heterocycles. The van der Waals surface area contributed by atoms with Gasteiger partial charge in [0.2, 0.25) is 5.91 Å². The molecule has 4 rings (SSSR count). The van der Waals surface area contributed by atoms with E-state index in [0.29, 0.717) is 22.9 Å². The summed E-state index contributed by atoms with van der Waals surface area (Å²) < 4.78 is 33.2. The summed E-state index contributed by atoms with van der Waals surface area (Å²) in [5, 5.41) is 6.46. The van der Waals surface area contributed by atoms with Crippen molar-refractivity contribution in [1.82, 2.24) is 5.16 Å². The minimum Gasteiger partial charge on any atom is -0.356 e. The van der Waals surface area contributed by atoms with Gasteiger partial charge in [0, 0.05) is 33.9 Å². The molecule has 0 aliphatic carbocycles. The van der Waals surface area contributed by atoms with Crippen molar-refractivity contribution >= 4 is 39.1 Å². The van der Waals surface area contributed by atoms with Crippen LogP contribution >= 0.6 is 11.8 Å². The first kappa shape index (κ1) is 18.6. The van der Waals surface area contributed by atoms with Gasteiger partial charge in [-0.25, -0.2) is 8.42 Å². The maximum absolute atomic E-state index is 12.8. The monoisotopic (exact) mass is 415 g/mol. The molecule has 3 aromatic rings. The summed E-state index contributed by atoms with van der Waals surface area (Å²) in [5.74, 6) is 0.999. The Bertz CT molecular complexity index is 1110. The maximum atomic E-state index is 12.8. The van der Waals surface area contributed by atoms with E-state index in [1.807, 2.05) is 6.92 Å². The molecule has 0 fully saturated rings. The van der Waals surface area contributed by atoms with Crippen LogP contribution in [0.4, 0.5) is 11.4 Å². The van der Waals surface area contributed by atoms with E-state index >= 15 is 0 Å². The second-order valence-electron chi connectivity index (χ2n) is 6.42. The van der Waals surface area contributed by atoms with E-state index in [9.17, 15) is 13.2 Å². The number of nitrogens with one attached hydrogen (secondary N) is 2. The number of carbonyl (C=O) groups is 1. The molecular formula is C19H17N3O4S2. The van der Waals surface area contributed by atoms with Crippen molar-refractivity contribution in [2.75, 3.05) is 15.8 Å². The highest BCUT2D eigenvalue weighted by Gasteiger charge is 2.23. The number of hydrogen-bond donors (Lipinski definition) is 2. The van der Waals surface area contributed by atoms with Crippen LogP contribution in [0.25, 0.3) is 11.3 Å². The van der Waals surface area contributed by atoms with Gasteiger partial charge in [0.1, 0.15) is 0 Å². The molecule has 1 aliphatic rings. The van der Waals surface area contributed by atoms with E-state index < -0.39 is 10.0 Å². The third-order valence-electron chi connectivity index (χ3n) is 4.32. The molecule has 2 heterocycles. The second kappa shape index (κ2) is 7.33. The van der Waals surface area contributed by atoms with Crippen molar-refractivity contribution in [2.45, 2.75) is 16.7 Å². The van der Waals surface area contributed by atoms with Crippen LogP contribution in [0.1, 0.15) is 6.92 Å². The Kier molecular flexibility index (Phi) is 4.86. The lowest BCUT2D eigenvalue weighted by atomic mass is 10.1. The quantitative estimate of drug-likeness (QED) is 0.672. The number of aromatic nitrogens is 1. The second-order valence-corrected chi connectivity index (χ2v) is 9.16. The van der Waals surface area contributed by atoms with Crippen molar-refractivity contribution in [3.05, 3.63) is 54.7 Å². The van der Waals surface area contributed by atoms with Gasteiger partial charge in [-0.15, -0.1) is 11.8 Å². The molecule has 1 amide bonds. The zero-order valence-corrected chi connectivity index (χ0v) is 16.5. The zero-order chi connectivity index (χ0) is 19.7. The number of nitrogens with zero attached hydrogens (tertiary/aromatic N) is 1. The Hall–Kier alpha value is -2.78. The topological polar surface area (TPSA) is 101 Å². The number of carbonyl (C=O) groups excluding carboxylic acids is 1. The predicted molar refractivity (Wildman–Crippen MR) is 108 cm³/mol. The molecule has 0 saturated carbocycles. The molecule has 2 aromatic carbocycles. The van der Waals surface area contributed by atoms with Gasteiger partial charge in [0.15, 0.2) is 5.76 Å². The first-order valence-electron chi connectivity index (χ1n) is 8.54. The van der Waals surface area contributed by atoms with Crippen LogP contribution in [0.15, 0.2) is 69.0 Å². The van der Waals surface area contributed by atoms with Crippen molar-refractivity contribution in [1.29, 1.82) is 0 Å². The fourth-order valence-electron chi connectivity index (χ4n) is 2.73. The molecular weight excluding hydrogens is 398 g/mol. The summed E-state index contributed by atoms with van der Waals surface area (Å²) >= 11 is 1.53. The van der Waals surface area contributed by atoms with E-state index in [-0.39, 0.29) is 16.7 Å². The predicted octanol–water partition coefficient (Wildman–Crippen LogP) is 3.82. The Morgan fingerprint density at radius 3 is 2.68 bits per heavy atom. The number of hydrogen-bond acceptors (Lipinski definition) is 6. The van der Waals surface area contributed by atoms with Crippen LogP contribution < -0.4 is 10.0 Å². The lowest BCUT2D eigenvalue weighted by molar-refractivity contribution is -0.118. The van der Waals surface area contributed by atoms with Crippen LogP contribution in [-0.4, -0.2) is 25.2 Å². The number of fused-ring (bicyclic) bond motifs is 1. The minimum atomic E-state index is -3.80. The molecule has 2 N–H and O–H groups in total. The molecule has 0 unspecified atom stereocenters. The Morgan fingerprint density at radius 2 is 1.96 bits per heavy atom. The number of thioether (sulfide) groups is 1. The average Bonchev–Trinajstić information content (AvgIpc) is 3.17. The molecule has 1 aliphatic heterocycles. The van der Waals surface area contributed by atoms with Gasteiger partial charge < -0.3 is 9.84 Å².